The summed E-state index contributed by atoms with van der Waals surface area (Å²) in [5, 5.41) is 0. The van der Waals surface area contributed by atoms with Gasteiger partial charge in [0.25, 0.3) is 10.0 Å². The lowest BCUT2D eigenvalue weighted by Crippen LogP contribution is -2.37. The van der Waals surface area contributed by atoms with Crippen molar-refractivity contribution in [2.24, 2.45) is 0 Å². The van der Waals surface area contributed by atoms with Crippen molar-refractivity contribution in [2.45, 2.75) is 10.6 Å². The molecule has 1 aliphatic rings. The zero-order valence-electron chi connectivity index (χ0n) is 10.2. The molecule has 2 aromatic rings. The van der Waals surface area contributed by atoms with E-state index in [1.807, 2.05) is 0 Å². The monoisotopic (exact) mass is 371 g/mol. The number of benzene rings is 1. The van der Waals surface area contributed by atoms with Crippen molar-refractivity contribution in [1.82, 2.24) is 0 Å². The molecule has 7 heteroatoms. The van der Waals surface area contributed by atoms with Gasteiger partial charge in [0.05, 0.1) is 9.47 Å². The maximum atomic E-state index is 12.7. The number of nitrogens with zero attached hydrogens (tertiary/aromatic N) is 1. The van der Waals surface area contributed by atoms with E-state index in [0.29, 0.717) is 11.3 Å². The van der Waals surface area contributed by atoms with Crippen LogP contribution < -0.4 is 4.31 Å². The maximum Gasteiger partial charge on any atom is 0.273 e. The number of rotatable bonds is 2. The van der Waals surface area contributed by atoms with Crippen LogP contribution in [0.4, 0.5) is 5.69 Å². The van der Waals surface area contributed by atoms with Crippen LogP contribution in [-0.4, -0.2) is 20.7 Å². The first-order valence-corrected chi connectivity index (χ1v) is 8.95. The van der Waals surface area contributed by atoms with Gasteiger partial charge < -0.3 is 0 Å². The quantitative estimate of drug-likeness (QED) is 0.813. The second-order valence-electron chi connectivity index (χ2n) is 4.33. The summed E-state index contributed by atoms with van der Waals surface area (Å²) in [5.74, 6) is -0.0144. The molecular formula is C13H10BrNO3S2. The van der Waals surface area contributed by atoms with E-state index in [1.165, 1.54) is 15.6 Å². The predicted octanol–water partition coefficient (Wildman–Crippen LogP) is 3.29. The molecule has 2 heterocycles. The third kappa shape index (κ3) is 2.19. The molecule has 1 aromatic carbocycles. The Balaban J connectivity index is 2.12. The summed E-state index contributed by atoms with van der Waals surface area (Å²) in [7, 11) is -3.61. The third-order valence-electron chi connectivity index (χ3n) is 3.11. The largest absolute Gasteiger partial charge is 0.294 e. The van der Waals surface area contributed by atoms with E-state index >= 15 is 0 Å². The van der Waals surface area contributed by atoms with E-state index in [2.05, 4.69) is 15.9 Å². The first kappa shape index (κ1) is 13.8. The smallest absolute Gasteiger partial charge is 0.273 e. The number of ketones is 1. The first-order valence-electron chi connectivity index (χ1n) is 5.90. The number of sulfonamides is 1. The minimum absolute atomic E-state index is 0.0144. The van der Waals surface area contributed by atoms with Gasteiger partial charge in [0.2, 0.25) is 0 Å². The SMILES string of the molecule is O=C1CCN(S(=O)(=O)c2ccc(Br)s2)c2ccccc21. The highest BCUT2D eigenvalue weighted by Crippen LogP contribution is 2.35. The normalized spacial score (nSPS) is 15.2. The first-order chi connectivity index (χ1) is 9.50. The highest BCUT2D eigenvalue weighted by molar-refractivity contribution is 9.11. The topological polar surface area (TPSA) is 54.5 Å². The molecule has 0 atom stereocenters. The van der Waals surface area contributed by atoms with Crippen LogP contribution in [-0.2, 0) is 10.0 Å². The Kier molecular flexibility index (Phi) is 3.43. The van der Waals surface area contributed by atoms with Crippen molar-refractivity contribution in [3.63, 3.8) is 0 Å². The number of Topliss-reactive ketones (excluding diaryl/α,β-unsaturated/α-hetero) is 1. The highest BCUT2D eigenvalue weighted by atomic mass is 79.9. The molecule has 0 bridgehead atoms. The Morgan fingerprint density at radius 2 is 1.90 bits per heavy atom. The molecule has 1 aliphatic heterocycles. The summed E-state index contributed by atoms with van der Waals surface area (Å²) in [6.07, 6.45) is 0.211. The Labute approximate surface area is 129 Å². The summed E-state index contributed by atoms with van der Waals surface area (Å²) in [6.45, 7) is 0.188. The van der Waals surface area contributed by atoms with Gasteiger partial charge in [-0.15, -0.1) is 11.3 Å². The molecular weight excluding hydrogens is 362 g/mol. The van der Waals surface area contributed by atoms with Gasteiger partial charge in [0.1, 0.15) is 4.21 Å². The second kappa shape index (κ2) is 4.98. The zero-order valence-corrected chi connectivity index (χ0v) is 13.5. The average molecular weight is 372 g/mol. The van der Waals surface area contributed by atoms with Crippen LogP contribution in [0.25, 0.3) is 0 Å². The van der Waals surface area contributed by atoms with Crippen LogP contribution in [0.15, 0.2) is 44.4 Å². The van der Waals surface area contributed by atoms with Crippen molar-refractivity contribution >= 4 is 48.8 Å². The number of halogens is 1. The Morgan fingerprint density at radius 3 is 2.60 bits per heavy atom. The summed E-state index contributed by atoms with van der Waals surface area (Å²) in [4.78, 5) is 11.9. The van der Waals surface area contributed by atoms with Crippen molar-refractivity contribution in [3.8, 4) is 0 Å². The molecule has 104 valence electrons. The van der Waals surface area contributed by atoms with Crippen LogP contribution in [0.1, 0.15) is 16.8 Å². The Bertz CT molecular complexity index is 782. The summed E-state index contributed by atoms with van der Waals surface area (Å²) < 4.78 is 27.7. The van der Waals surface area contributed by atoms with Crippen molar-refractivity contribution in [1.29, 1.82) is 0 Å². The molecule has 0 saturated heterocycles. The molecule has 0 saturated carbocycles. The van der Waals surface area contributed by atoms with E-state index < -0.39 is 10.0 Å². The van der Waals surface area contributed by atoms with Gasteiger partial charge in [0, 0.05) is 18.5 Å². The van der Waals surface area contributed by atoms with E-state index in [0.717, 1.165) is 3.79 Å². The van der Waals surface area contributed by atoms with Gasteiger partial charge in [0.15, 0.2) is 5.78 Å². The number of thiophene rings is 1. The van der Waals surface area contributed by atoms with Gasteiger partial charge >= 0.3 is 0 Å². The fraction of sp³-hybridized carbons (Fsp3) is 0.154. The number of fused-ring (bicyclic) bond motifs is 1. The van der Waals surface area contributed by atoms with Gasteiger partial charge in [-0.1, -0.05) is 12.1 Å². The van der Waals surface area contributed by atoms with Crippen LogP contribution in [0.2, 0.25) is 0 Å². The number of para-hydroxylation sites is 1. The summed E-state index contributed by atoms with van der Waals surface area (Å²) >= 11 is 4.44. The summed E-state index contributed by atoms with van der Waals surface area (Å²) in [6, 6.07) is 10.1. The Morgan fingerprint density at radius 1 is 1.15 bits per heavy atom. The van der Waals surface area contributed by atoms with Crippen molar-refractivity contribution in [2.75, 3.05) is 10.8 Å². The van der Waals surface area contributed by atoms with Gasteiger partial charge in [-0.3, -0.25) is 9.10 Å². The fourth-order valence-corrected chi connectivity index (χ4v) is 5.79. The average Bonchev–Trinajstić information content (AvgIpc) is 2.87. The molecule has 0 amide bonds. The van der Waals surface area contributed by atoms with E-state index in [1.54, 1.807) is 36.4 Å². The molecule has 0 unspecified atom stereocenters. The molecule has 1 aromatic heterocycles. The van der Waals surface area contributed by atoms with Gasteiger partial charge in [-0.25, -0.2) is 8.42 Å². The lowest BCUT2D eigenvalue weighted by molar-refractivity contribution is 0.0982. The standard InChI is InChI=1S/C13H10BrNO3S2/c14-12-5-6-13(19-12)20(17,18)15-8-7-11(16)9-3-1-2-4-10(9)15/h1-6H,7-8H2. The highest BCUT2D eigenvalue weighted by Gasteiger charge is 2.32. The fourth-order valence-electron chi connectivity index (χ4n) is 2.18. The lowest BCUT2D eigenvalue weighted by atomic mass is 10.0. The van der Waals surface area contributed by atoms with Crippen molar-refractivity contribution < 1.29 is 13.2 Å². The molecule has 3 rings (SSSR count). The number of carbonyl (C=O) groups excluding carboxylic acids is 1. The minimum atomic E-state index is -3.61. The number of anilines is 1. The molecule has 0 aliphatic carbocycles. The summed E-state index contributed by atoms with van der Waals surface area (Å²) in [5.41, 5.74) is 0.936. The minimum Gasteiger partial charge on any atom is -0.294 e. The van der Waals surface area contributed by atoms with Crippen molar-refractivity contribution in [3.05, 3.63) is 45.7 Å². The number of hydrogen-bond acceptors (Lipinski definition) is 4. The van der Waals surface area contributed by atoms with E-state index in [4.69, 9.17) is 0 Å². The molecule has 0 N–H and O–H groups in total. The van der Waals surface area contributed by atoms with Crippen LogP contribution >= 0.6 is 27.3 Å². The van der Waals surface area contributed by atoms with Crippen LogP contribution in [0, 0.1) is 0 Å². The zero-order chi connectivity index (χ0) is 14.3. The second-order valence-corrected chi connectivity index (χ2v) is 8.88. The van der Waals surface area contributed by atoms with E-state index in [-0.39, 0.29) is 23.0 Å². The lowest BCUT2D eigenvalue weighted by Gasteiger charge is -2.29. The third-order valence-corrected chi connectivity index (χ3v) is 7.01. The Hall–Kier alpha value is -1.18. The number of hydrogen-bond donors (Lipinski definition) is 0. The van der Waals surface area contributed by atoms with Crippen LogP contribution in [0.3, 0.4) is 0 Å². The van der Waals surface area contributed by atoms with E-state index in [9.17, 15) is 13.2 Å². The van der Waals surface area contributed by atoms with Gasteiger partial charge in [-0.2, -0.15) is 0 Å². The van der Waals surface area contributed by atoms with Crippen LogP contribution in [0.5, 0.6) is 0 Å². The molecule has 4 nitrogen and oxygen atoms in total. The molecule has 20 heavy (non-hydrogen) atoms. The maximum absolute atomic E-state index is 12.7. The molecule has 0 radical (unpaired) electrons. The number of carbonyl (C=O) groups is 1. The predicted molar refractivity (Wildman–Crippen MR) is 81.9 cm³/mol. The molecule has 0 fully saturated rings. The van der Waals surface area contributed by atoms with Gasteiger partial charge in [-0.05, 0) is 40.2 Å². The molecule has 0 spiro atoms.